The zero-order chi connectivity index (χ0) is 13.7. The maximum Gasteiger partial charge on any atom is 0.0326 e. The average Bonchev–Trinajstić information content (AvgIpc) is 2.81. The van der Waals surface area contributed by atoms with Gasteiger partial charge in [-0.25, -0.2) is 0 Å². The van der Waals surface area contributed by atoms with Crippen molar-refractivity contribution in [2.75, 3.05) is 26.2 Å². The first-order chi connectivity index (χ1) is 9.24. The molecule has 3 heteroatoms. The third kappa shape index (κ3) is 4.04. The van der Waals surface area contributed by atoms with Crippen molar-refractivity contribution in [2.45, 2.75) is 39.2 Å². The first-order valence-corrected chi connectivity index (χ1v) is 8.28. The Morgan fingerprint density at radius 2 is 2.11 bits per heavy atom. The quantitative estimate of drug-likeness (QED) is 0.768. The number of hydrogen-bond donors (Lipinski definition) is 1. The lowest BCUT2D eigenvalue weighted by Crippen LogP contribution is -2.28. The molecule has 1 aliphatic carbocycles. The highest BCUT2D eigenvalue weighted by atomic mass is 79.9. The first kappa shape index (κ1) is 15.0. The van der Waals surface area contributed by atoms with Crippen LogP contribution in [0.4, 0.5) is 0 Å². The molecule has 106 valence electrons. The Morgan fingerprint density at radius 1 is 1.32 bits per heavy atom. The molecule has 0 aliphatic heterocycles. The highest BCUT2D eigenvalue weighted by molar-refractivity contribution is 9.10. The SMILES string of the molecule is CCN(CC)CCCNC1CCc2cc(Br)ccc21. The molecule has 1 atom stereocenters. The molecule has 1 N–H and O–H groups in total. The molecule has 2 nitrogen and oxygen atoms in total. The molecule has 0 saturated heterocycles. The van der Waals surface area contributed by atoms with Crippen molar-refractivity contribution in [2.24, 2.45) is 0 Å². The Balaban J connectivity index is 1.77. The van der Waals surface area contributed by atoms with Crippen LogP contribution in [0.3, 0.4) is 0 Å². The van der Waals surface area contributed by atoms with Crippen molar-refractivity contribution in [1.82, 2.24) is 10.2 Å². The van der Waals surface area contributed by atoms with E-state index in [4.69, 9.17) is 0 Å². The third-order valence-corrected chi connectivity index (χ3v) is 4.61. The number of nitrogens with one attached hydrogen (secondary N) is 1. The number of aryl methyl sites for hydroxylation is 1. The maximum absolute atomic E-state index is 3.72. The van der Waals surface area contributed by atoms with Crippen molar-refractivity contribution in [3.63, 3.8) is 0 Å². The van der Waals surface area contributed by atoms with E-state index in [1.54, 1.807) is 0 Å². The molecule has 1 aromatic carbocycles. The van der Waals surface area contributed by atoms with Crippen LogP contribution in [0, 0.1) is 0 Å². The summed E-state index contributed by atoms with van der Waals surface area (Å²) in [6.07, 6.45) is 3.70. The number of benzene rings is 1. The predicted molar refractivity (Wildman–Crippen MR) is 85.6 cm³/mol. The number of hydrogen-bond acceptors (Lipinski definition) is 2. The van der Waals surface area contributed by atoms with Gasteiger partial charge in [-0.2, -0.15) is 0 Å². The topological polar surface area (TPSA) is 15.3 Å². The molecule has 0 spiro atoms. The second-order valence-corrected chi connectivity index (χ2v) is 6.18. The highest BCUT2D eigenvalue weighted by Gasteiger charge is 2.21. The Hall–Kier alpha value is -0.380. The Morgan fingerprint density at radius 3 is 2.84 bits per heavy atom. The van der Waals surface area contributed by atoms with E-state index < -0.39 is 0 Å². The van der Waals surface area contributed by atoms with E-state index in [0.29, 0.717) is 6.04 Å². The second kappa shape index (κ2) is 7.41. The number of fused-ring (bicyclic) bond motifs is 1. The van der Waals surface area contributed by atoms with Crippen molar-refractivity contribution >= 4 is 15.9 Å². The largest absolute Gasteiger partial charge is 0.310 e. The van der Waals surface area contributed by atoms with Crippen LogP contribution in [0.2, 0.25) is 0 Å². The maximum atomic E-state index is 3.72. The summed E-state index contributed by atoms with van der Waals surface area (Å²) in [6, 6.07) is 7.27. The Labute approximate surface area is 125 Å². The minimum atomic E-state index is 0.569. The standard InChI is InChI=1S/C16H25BrN2/c1-3-19(4-2)11-5-10-18-16-9-6-13-12-14(17)7-8-15(13)16/h7-8,12,16,18H,3-6,9-11H2,1-2H3. The summed E-state index contributed by atoms with van der Waals surface area (Å²) in [5.74, 6) is 0. The normalized spacial score (nSPS) is 18.0. The van der Waals surface area contributed by atoms with Crippen molar-refractivity contribution in [3.05, 3.63) is 33.8 Å². The van der Waals surface area contributed by atoms with Crippen molar-refractivity contribution in [1.29, 1.82) is 0 Å². The molecule has 1 aliphatic rings. The van der Waals surface area contributed by atoms with Crippen LogP contribution in [0.1, 0.15) is 43.9 Å². The fourth-order valence-electron chi connectivity index (χ4n) is 2.92. The first-order valence-electron chi connectivity index (χ1n) is 7.48. The summed E-state index contributed by atoms with van der Waals surface area (Å²) in [5, 5.41) is 3.72. The summed E-state index contributed by atoms with van der Waals surface area (Å²) in [4.78, 5) is 2.49. The minimum absolute atomic E-state index is 0.569. The summed E-state index contributed by atoms with van der Waals surface area (Å²) in [6.45, 7) is 9.13. The van der Waals surface area contributed by atoms with Gasteiger partial charge in [-0.15, -0.1) is 0 Å². The van der Waals surface area contributed by atoms with Gasteiger partial charge in [0.2, 0.25) is 0 Å². The zero-order valence-corrected chi connectivity index (χ0v) is 13.7. The molecule has 0 heterocycles. The van der Waals surface area contributed by atoms with Crippen LogP contribution in [0.15, 0.2) is 22.7 Å². The van der Waals surface area contributed by atoms with E-state index in [1.165, 1.54) is 41.4 Å². The molecule has 0 aromatic heterocycles. The summed E-state index contributed by atoms with van der Waals surface area (Å²) in [5.41, 5.74) is 3.02. The van der Waals surface area contributed by atoms with Crippen LogP contribution in [-0.2, 0) is 6.42 Å². The Bertz CT molecular complexity index is 402. The number of rotatable bonds is 7. The van der Waals surface area contributed by atoms with Gasteiger partial charge in [0.1, 0.15) is 0 Å². The Kier molecular flexibility index (Phi) is 5.86. The molecule has 0 radical (unpaired) electrons. The average molecular weight is 325 g/mol. The molecule has 0 saturated carbocycles. The van der Waals surface area contributed by atoms with Gasteiger partial charge in [-0.1, -0.05) is 35.8 Å². The lowest BCUT2D eigenvalue weighted by molar-refractivity contribution is 0.295. The molecule has 2 rings (SSSR count). The molecular formula is C16H25BrN2. The third-order valence-electron chi connectivity index (χ3n) is 4.12. The van der Waals surface area contributed by atoms with E-state index in [9.17, 15) is 0 Å². The van der Waals surface area contributed by atoms with Gasteiger partial charge in [-0.05, 0) is 68.7 Å². The summed E-state index contributed by atoms with van der Waals surface area (Å²) in [7, 11) is 0. The van der Waals surface area contributed by atoms with Crippen LogP contribution in [0.25, 0.3) is 0 Å². The van der Waals surface area contributed by atoms with Crippen LogP contribution in [0.5, 0.6) is 0 Å². The van der Waals surface area contributed by atoms with E-state index in [0.717, 1.165) is 19.6 Å². The van der Waals surface area contributed by atoms with Crippen molar-refractivity contribution < 1.29 is 0 Å². The summed E-state index contributed by atoms with van der Waals surface area (Å²) < 4.78 is 1.20. The molecule has 19 heavy (non-hydrogen) atoms. The van der Waals surface area contributed by atoms with Crippen LogP contribution < -0.4 is 5.32 Å². The van der Waals surface area contributed by atoms with Crippen LogP contribution in [-0.4, -0.2) is 31.1 Å². The molecule has 1 unspecified atom stereocenters. The molecule has 0 bridgehead atoms. The van der Waals surface area contributed by atoms with Crippen molar-refractivity contribution in [3.8, 4) is 0 Å². The van der Waals surface area contributed by atoms with Gasteiger partial charge >= 0.3 is 0 Å². The second-order valence-electron chi connectivity index (χ2n) is 5.27. The van der Waals surface area contributed by atoms with E-state index in [-0.39, 0.29) is 0 Å². The fourth-order valence-corrected chi connectivity index (χ4v) is 3.33. The molecule has 0 amide bonds. The predicted octanol–water partition coefficient (Wildman–Crippen LogP) is 3.76. The molecular weight excluding hydrogens is 300 g/mol. The zero-order valence-electron chi connectivity index (χ0n) is 12.1. The van der Waals surface area contributed by atoms with Gasteiger partial charge < -0.3 is 10.2 Å². The molecule has 0 fully saturated rings. The van der Waals surface area contributed by atoms with Gasteiger partial charge in [0.05, 0.1) is 0 Å². The van der Waals surface area contributed by atoms with Gasteiger partial charge in [0, 0.05) is 10.5 Å². The van der Waals surface area contributed by atoms with Gasteiger partial charge in [0.25, 0.3) is 0 Å². The lowest BCUT2D eigenvalue weighted by atomic mass is 10.1. The van der Waals surface area contributed by atoms with Gasteiger partial charge in [-0.3, -0.25) is 0 Å². The smallest absolute Gasteiger partial charge is 0.0326 e. The number of nitrogens with zero attached hydrogens (tertiary/aromatic N) is 1. The molecule has 1 aromatic rings. The van der Waals surface area contributed by atoms with Gasteiger partial charge in [0.15, 0.2) is 0 Å². The summed E-state index contributed by atoms with van der Waals surface area (Å²) >= 11 is 3.55. The fraction of sp³-hybridized carbons (Fsp3) is 0.625. The van der Waals surface area contributed by atoms with E-state index in [1.807, 2.05) is 0 Å². The number of halogens is 1. The van der Waals surface area contributed by atoms with E-state index in [2.05, 4.69) is 58.2 Å². The van der Waals surface area contributed by atoms with Crippen LogP contribution >= 0.6 is 15.9 Å². The van der Waals surface area contributed by atoms with E-state index >= 15 is 0 Å². The lowest BCUT2D eigenvalue weighted by Gasteiger charge is -2.19. The minimum Gasteiger partial charge on any atom is -0.310 e. The monoisotopic (exact) mass is 324 g/mol. The highest BCUT2D eigenvalue weighted by Crippen LogP contribution is 2.32.